The Hall–Kier alpha value is -0.810. The van der Waals surface area contributed by atoms with Gasteiger partial charge in [0.2, 0.25) is 0 Å². The third kappa shape index (κ3) is 5.32. The molecule has 4 nitrogen and oxygen atoms in total. The number of benzene rings is 1. The summed E-state index contributed by atoms with van der Waals surface area (Å²) in [6.07, 6.45) is 0.552. The molecule has 0 fully saturated rings. The van der Waals surface area contributed by atoms with Gasteiger partial charge in [0.25, 0.3) is 0 Å². The van der Waals surface area contributed by atoms with E-state index >= 15 is 0 Å². The Morgan fingerprint density at radius 1 is 1.25 bits per heavy atom. The maximum Gasteiger partial charge on any atom is 0.335 e. The first-order valence-corrected chi connectivity index (χ1v) is 4.32. The van der Waals surface area contributed by atoms with Crippen molar-refractivity contribution in [2.45, 2.75) is 12.5 Å². The van der Waals surface area contributed by atoms with E-state index in [2.05, 4.69) is 0 Å². The SMILES string of the molecule is Cl.Cl.NC(CO)Cc1ccc(C(=O)O)cc1. The first kappa shape index (κ1) is 17.6. The third-order valence-electron chi connectivity index (χ3n) is 1.93. The number of aliphatic hydroxyl groups is 1. The number of carbonyl (C=O) groups is 1. The van der Waals surface area contributed by atoms with Crippen LogP contribution in [-0.4, -0.2) is 28.8 Å². The summed E-state index contributed by atoms with van der Waals surface area (Å²) in [5.74, 6) is -0.942. The van der Waals surface area contributed by atoms with Crippen LogP contribution in [0.3, 0.4) is 0 Å². The molecule has 0 bridgehead atoms. The van der Waals surface area contributed by atoms with E-state index in [1.807, 2.05) is 0 Å². The van der Waals surface area contributed by atoms with Crippen molar-refractivity contribution >= 4 is 30.8 Å². The lowest BCUT2D eigenvalue weighted by molar-refractivity contribution is 0.0697. The summed E-state index contributed by atoms with van der Waals surface area (Å²) in [7, 11) is 0. The van der Waals surface area contributed by atoms with Crippen LogP contribution in [0.25, 0.3) is 0 Å². The number of hydrogen-bond donors (Lipinski definition) is 3. The first-order valence-electron chi connectivity index (χ1n) is 4.32. The Labute approximate surface area is 106 Å². The molecule has 1 aromatic carbocycles. The quantitative estimate of drug-likeness (QED) is 0.763. The highest BCUT2D eigenvalue weighted by Gasteiger charge is 2.04. The van der Waals surface area contributed by atoms with Gasteiger partial charge in [-0.3, -0.25) is 0 Å². The van der Waals surface area contributed by atoms with Gasteiger partial charge >= 0.3 is 5.97 Å². The highest BCUT2D eigenvalue weighted by Crippen LogP contribution is 2.06. The number of hydrogen-bond acceptors (Lipinski definition) is 3. The van der Waals surface area contributed by atoms with Crippen LogP contribution in [0.4, 0.5) is 0 Å². The topological polar surface area (TPSA) is 83.5 Å². The van der Waals surface area contributed by atoms with Crippen LogP contribution in [0.1, 0.15) is 15.9 Å². The Kier molecular flexibility index (Phi) is 9.18. The number of aliphatic hydroxyl groups excluding tert-OH is 1. The number of carboxylic acid groups (broad SMARTS) is 1. The van der Waals surface area contributed by atoms with Gasteiger partial charge in [-0.2, -0.15) is 0 Å². The zero-order valence-electron chi connectivity index (χ0n) is 8.50. The van der Waals surface area contributed by atoms with Crippen molar-refractivity contribution in [3.8, 4) is 0 Å². The van der Waals surface area contributed by atoms with Gasteiger partial charge in [-0.15, -0.1) is 24.8 Å². The lowest BCUT2D eigenvalue weighted by atomic mass is 10.1. The van der Waals surface area contributed by atoms with Crippen LogP contribution < -0.4 is 5.73 Å². The predicted molar refractivity (Wildman–Crippen MR) is 66.7 cm³/mol. The number of aromatic carboxylic acids is 1. The molecule has 1 unspecified atom stereocenters. The summed E-state index contributed by atoms with van der Waals surface area (Å²) in [4.78, 5) is 10.5. The second-order valence-corrected chi connectivity index (χ2v) is 3.15. The first-order chi connectivity index (χ1) is 6.63. The molecule has 4 N–H and O–H groups in total. The lowest BCUT2D eigenvalue weighted by Crippen LogP contribution is -2.26. The van der Waals surface area contributed by atoms with Crippen molar-refractivity contribution in [2.24, 2.45) is 5.73 Å². The van der Waals surface area contributed by atoms with Gasteiger partial charge in [0.1, 0.15) is 0 Å². The largest absolute Gasteiger partial charge is 0.478 e. The van der Waals surface area contributed by atoms with Crippen molar-refractivity contribution in [1.82, 2.24) is 0 Å². The van der Waals surface area contributed by atoms with E-state index in [0.717, 1.165) is 5.56 Å². The second-order valence-electron chi connectivity index (χ2n) is 3.15. The van der Waals surface area contributed by atoms with Crippen molar-refractivity contribution < 1.29 is 15.0 Å². The maximum absolute atomic E-state index is 10.5. The van der Waals surface area contributed by atoms with Crippen molar-refractivity contribution in [3.05, 3.63) is 35.4 Å². The molecule has 92 valence electrons. The fourth-order valence-electron chi connectivity index (χ4n) is 1.15. The maximum atomic E-state index is 10.5. The molecule has 0 aliphatic rings. The molecule has 1 atom stereocenters. The molecule has 1 aromatic rings. The van der Waals surface area contributed by atoms with Gasteiger partial charge in [0, 0.05) is 6.04 Å². The van der Waals surface area contributed by atoms with Gasteiger partial charge < -0.3 is 15.9 Å². The minimum atomic E-state index is -0.942. The van der Waals surface area contributed by atoms with E-state index in [9.17, 15) is 4.79 Å². The Morgan fingerprint density at radius 3 is 2.12 bits per heavy atom. The summed E-state index contributed by atoms with van der Waals surface area (Å²) in [6.45, 7) is -0.0688. The molecular weight excluding hydrogens is 253 g/mol. The zero-order valence-corrected chi connectivity index (χ0v) is 10.1. The Balaban J connectivity index is 0. The van der Waals surface area contributed by atoms with Gasteiger partial charge in [0.05, 0.1) is 12.2 Å². The van der Waals surface area contributed by atoms with Crippen LogP contribution in [0, 0.1) is 0 Å². The van der Waals surface area contributed by atoms with Gasteiger partial charge in [-0.25, -0.2) is 4.79 Å². The highest BCUT2D eigenvalue weighted by molar-refractivity contribution is 5.87. The molecule has 1 rings (SSSR count). The summed E-state index contributed by atoms with van der Waals surface area (Å²) in [6, 6.07) is 6.19. The fourth-order valence-corrected chi connectivity index (χ4v) is 1.15. The second kappa shape index (κ2) is 8.35. The summed E-state index contributed by atoms with van der Waals surface area (Å²) in [5.41, 5.74) is 6.72. The number of rotatable bonds is 4. The van der Waals surface area contributed by atoms with Crippen LogP contribution in [0.5, 0.6) is 0 Å². The van der Waals surface area contributed by atoms with Gasteiger partial charge in [0.15, 0.2) is 0 Å². The number of nitrogens with two attached hydrogens (primary N) is 1. The molecule has 0 heterocycles. The summed E-state index contributed by atoms with van der Waals surface area (Å²) in [5, 5.41) is 17.4. The lowest BCUT2D eigenvalue weighted by Gasteiger charge is -2.07. The van der Waals surface area contributed by atoms with Crippen LogP contribution in [-0.2, 0) is 6.42 Å². The molecule has 16 heavy (non-hydrogen) atoms. The monoisotopic (exact) mass is 267 g/mol. The van der Waals surface area contributed by atoms with Crippen molar-refractivity contribution in [1.29, 1.82) is 0 Å². The van der Waals surface area contributed by atoms with E-state index < -0.39 is 5.97 Å². The minimum Gasteiger partial charge on any atom is -0.478 e. The number of halogens is 2. The average molecular weight is 268 g/mol. The fraction of sp³-hybridized carbons (Fsp3) is 0.300. The Bertz CT molecular complexity index is 316. The Morgan fingerprint density at radius 2 is 1.75 bits per heavy atom. The molecule has 0 amide bonds. The normalized spacial score (nSPS) is 10.9. The highest BCUT2D eigenvalue weighted by atomic mass is 35.5. The molecule has 0 saturated carbocycles. The zero-order chi connectivity index (χ0) is 10.6. The van der Waals surface area contributed by atoms with E-state index in [4.69, 9.17) is 15.9 Å². The van der Waals surface area contributed by atoms with Gasteiger partial charge in [-0.05, 0) is 24.1 Å². The molecule has 0 aliphatic heterocycles. The molecule has 0 aromatic heterocycles. The molecule has 0 saturated heterocycles. The van der Waals surface area contributed by atoms with Crippen LogP contribution >= 0.6 is 24.8 Å². The van der Waals surface area contributed by atoms with Crippen molar-refractivity contribution in [2.75, 3.05) is 6.61 Å². The average Bonchev–Trinajstić information content (AvgIpc) is 2.18. The molecule has 0 aliphatic carbocycles. The van der Waals surface area contributed by atoms with Crippen LogP contribution in [0.2, 0.25) is 0 Å². The van der Waals surface area contributed by atoms with Crippen LogP contribution in [0.15, 0.2) is 24.3 Å². The summed E-state index contributed by atoms with van der Waals surface area (Å²) >= 11 is 0. The molecule has 6 heteroatoms. The molecule has 0 radical (unpaired) electrons. The molecular formula is C10H15Cl2NO3. The van der Waals surface area contributed by atoms with E-state index in [1.54, 1.807) is 12.1 Å². The number of carboxylic acids is 1. The van der Waals surface area contributed by atoms with E-state index in [1.165, 1.54) is 12.1 Å². The standard InChI is InChI=1S/C10H13NO3.2ClH/c11-9(6-12)5-7-1-3-8(4-2-7)10(13)14;;/h1-4,9,12H,5-6,11H2,(H,13,14);2*1H. The minimum absolute atomic E-state index is 0. The smallest absolute Gasteiger partial charge is 0.335 e. The predicted octanol–water partition coefficient (Wildman–Crippen LogP) is 1.09. The third-order valence-corrected chi connectivity index (χ3v) is 1.93. The molecule has 0 spiro atoms. The van der Waals surface area contributed by atoms with Gasteiger partial charge in [-0.1, -0.05) is 12.1 Å². The summed E-state index contributed by atoms with van der Waals surface area (Å²) < 4.78 is 0. The van der Waals surface area contributed by atoms with E-state index in [0.29, 0.717) is 6.42 Å². The van der Waals surface area contributed by atoms with Crippen molar-refractivity contribution in [3.63, 3.8) is 0 Å². The van der Waals surface area contributed by atoms with E-state index in [-0.39, 0.29) is 43.0 Å².